The molecule has 0 amide bonds. The third-order valence-corrected chi connectivity index (χ3v) is 3.72. The Hall–Kier alpha value is -2.88. The minimum absolute atomic E-state index is 0.0887. The second-order valence-electron chi connectivity index (χ2n) is 5.34. The molecular weight excluding hydrogens is 288 g/mol. The summed E-state index contributed by atoms with van der Waals surface area (Å²) in [6.07, 6.45) is 3.74. The first-order valence-electron chi connectivity index (χ1n) is 7.47. The highest BCUT2D eigenvalue weighted by Gasteiger charge is 2.07. The van der Waals surface area contributed by atoms with Gasteiger partial charge in [-0.05, 0) is 23.3 Å². The lowest BCUT2D eigenvalue weighted by Gasteiger charge is -2.13. The Morgan fingerprint density at radius 2 is 1.78 bits per heavy atom. The molecule has 0 saturated carbocycles. The van der Waals surface area contributed by atoms with Crippen molar-refractivity contribution < 1.29 is 4.74 Å². The fraction of sp³-hybridized carbons (Fsp3) is 0.158. The number of aromatic nitrogens is 2. The molecule has 2 aromatic carbocycles. The lowest BCUT2D eigenvalue weighted by atomic mass is 10.1. The highest BCUT2D eigenvalue weighted by atomic mass is 16.5. The Morgan fingerprint density at radius 3 is 2.57 bits per heavy atom. The second kappa shape index (κ2) is 6.92. The highest BCUT2D eigenvalue weighted by molar-refractivity contribution is 5.31. The van der Waals surface area contributed by atoms with Crippen LogP contribution in [0, 0.1) is 0 Å². The minimum atomic E-state index is -0.0887. The number of hydrogen-bond acceptors (Lipinski definition) is 3. The molecule has 0 spiro atoms. The molecule has 116 valence electrons. The highest BCUT2D eigenvalue weighted by Crippen LogP contribution is 2.16. The molecule has 0 aliphatic heterocycles. The van der Waals surface area contributed by atoms with E-state index >= 15 is 0 Å². The van der Waals surface area contributed by atoms with E-state index in [-0.39, 0.29) is 5.56 Å². The molecular formula is C19H18N2O2. The Labute approximate surface area is 135 Å². The Kier molecular flexibility index (Phi) is 4.52. The van der Waals surface area contributed by atoms with E-state index in [2.05, 4.69) is 4.98 Å². The number of hydrogen-bond donors (Lipinski definition) is 0. The van der Waals surface area contributed by atoms with E-state index in [1.807, 2.05) is 54.6 Å². The molecule has 0 radical (unpaired) electrons. The Bertz CT molecular complexity index is 841. The van der Waals surface area contributed by atoms with Crippen molar-refractivity contribution in [1.29, 1.82) is 0 Å². The molecule has 4 nitrogen and oxygen atoms in total. The van der Waals surface area contributed by atoms with Gasteiger partial charge in [0.15, 0.2) is 0 Å². The predicted molar refractivity (Wildman–Crippen MR) is 89.8 cm³/mol. The molecule has 0 aliphatic carbocycles. The Balaban J connectivity index is 1.93. The van der Waals surface area contributed by atoms with Crippen molar-refractivity contribution in [2.75, 3.05) is 7.11 Å². The van der Waals surface area contributed by atoms with Gasteiger partial charge in [-0.2, -0.15) is 0 Å². The predicted octanol–water partition coefficient (Wildman–Crippen LogP) is 2.89. The summed E-state index contributed by atoms with van der Waals surface area (Å²) in [7, 11) is 1.65. The fourth-order valence-corrected chi connectivity index (χ4v) is 2.55. The molecule has 0 bridgehead atoms. The normalized spacial score (nSPS) is 10.5. The van der Waals surface area contributed by atoms with Crippen LogP contribution in [0.3, 0.4) is 0 Å². The summed E-state index contributed by atoms with van der Waals surface area (Å²) in [5.74, 6) is 0.809. The summed E-state index contributed by atoms with van der Waals surface area (Å²) < 4.78 is 7.02. The molecule has 0 atom stereocenters. The van der Waals surface area contributed by atoms with E-state index < -0.39 is 0 Å². The van der Waals surface area contributed by atoms with Crippen LogP contribution in [0.4, 0.5) is 0 Å². The number of nitrogens with zero attached hydrogens (tertiary/aromatic N) is 2. The average Bonchev–Trinajstić information content (AvgIpc) is 2.59. The first kappa shape index (κ1) is 15.0. The number of benzene rings is 2. The van der Waals surface area contributed by atoms with Crippen molar-refractivity contribution >= 4 is 0 Å². The minimum Gasteiger partial charge on any atom is -0.497 e. The zero-order chi connectivity index (χ0) is 16.1. The third kappa shape index (κ3) is 3.66. The molecule has 0 saturated heterocycles. The van der Waals surface area contributed by atoms with Gasteiger partial charge >= 0.3 is 0 Å². The fourth-order valence-electron chi connectivity index (χ4n) is 2.55. The first-order valence-corrected chi connectivity index (χ1v) is 7.47. The maximum absolute atomic E-state index is 12.2. The van der Waals surface area contributed by atoms with Crippen molar-refractivity contribution in [3.05, 3.63) is 94.2 Å². The maximum Gasteiger partial charge on any atom is 0.269 e. The van der Waals surface area contributed by atoms with Crippen LogP contribution >= 0.6 is 0 Å². The summed E-state index contributed by atoms with van der Waals surface area (Å²) >= 11 is 0. The zero-order valence-corrected chi connectivity index (χ0v) is 13.0. The van der Waals surface area contributed by atoms with Crippen molar-refractivity contribution in [2.45, 2.75) is 13.0 Å². The molecule has 23 heavy (non-hydrogen) atoms. The van der Waals surface area contributed by atoms with Gasteiger partial charge in [0.05, 0.1) is 19.9 Å². The van der Waals surface area contributed by atoms with Crippen LogP contribution in [0.15, 0.2) is 71.8 Å². The second-order valence-corrected chi connectivity index (χ2v) is 5.34. The van der Waals surface area contributed by atoms with E-state index in [0.29, 0.717) is 13.0 Å². The van der Waals surface area contributed by atoms with Crippen LogP contribution in [0.2, 0.25) is 0 Å². The molecule has 0 unspecified atom stereocenters. The maximum atomic E-state index is 12.2. The van der Waals surface area contributed by atoms with E-state index in [0.717, 1.165) is 22.6 Å². The van der Waals surface area contributed by atoms with Crippen LogP contribution < -0.4 is 10.3 Å². The van der Waals surface area contributed by atoms with Crippen LogP contribution in [0.1, 0.15) is 16.8 Å². The lowest BCUT2D eigenvalue weighted by molar-refractivity contribution is 0.414. The van der Waals surface area contributed by atoms with Gasteiger partial charge in [0.25, 0.3) is 5.56 Å². The third-order valence-electron chi connectivity index (χ3n) is 3.72. The monoisotopic (exact) mass is 306 g/mol. The molecule has 0 fully saturated rings. The molecule has 3 aromatic rings. The lowest BCUT2D eigenvalue weighted by Crippen LogP contribution is -2.24. The summed E-state index contributed by atoms with van der Waals surface area (Å²) in [4.78, 5) is 16.3. The standard InChI is InChI=1S/C19H18N2O2/c1-23-18-9-5-8-16(11-18)10-17-12-20-13-19(22)21(17)14-15-6-3-2-4-7-15/h2-9,11-13H,10,14H2,1H3. The molecule has 1 aromatic heterocycles. The van der Waals surface area contributed by atoms with Crippen LogP contribution in [0.25, 0.3) is 0 Å². The summed E-state index contributed by atoms with van der Waals surface area (Å²) in [6, 6.07) is 17.8. The van der Waals surface area contributed by atoms with Gasteiger partial charge in [-0.25, -0.2) is 0 Å². The topological polar surface area (TPSA) is 44.1 Å². The summed E-state index contributed by atoms with van der Waals surface area (Å²) in [5.41, 5.74) is 2.97. The van der Waals surface area contributed by atoms with Gasteiger partial charge in [-0.3, -0.25) is 9.78 Å². The van der Waals surface area contributed by atoms with Gasteiger partial charge in [0.1, 0.15) is 5.75 Å². The SMILES string of the molecule is COc1cccc(Cc2cncc(=O)n2Cc2ccccc2)c1. The Morgan fingerprint density at radius 1 is 1.00 bits per heavy atom. The van der Waals surface area contributed by atoms with Crippen molar-refractivity contribution in [3.63, 3.8) is 0 Å². The quantitative estimate of drug-likeness (QED) is 0.728. The number of methoxy groups -OCH3 is 1. The van der Waals surface area contributed by atoms with E-state index in [4.69, 9.17) is 4.74 Å². The number of rotatable bonds is 5. The molecule has 0 aliphatic rings. The van der Waals surface area contributed by atoms with Crippen LogP contribution in [-0.2, 0) is 13.0 Å². The van der Waals surface area contributed by atoms with Crippen molar-refractivity contribution in [1.82, 2.24) is 9.55 Å². The molecule has 0 N–H and O–H groups in total. The van der Waals surface area contributed by atoms with Gasteiger partial charge in [0, 0.05) is 18.3 Å². The molecule has 3 rings (SSSR count). The molecule has 4 heteroatoms. The summed E-state index contributed by atoms with van der Waals surface area (Å²) in [6.45, 7) is 0.543. The van der Waals surface area contributed by atoms with Gasteiger partial charge in [-0.1, -0.05) is 42.5 Å². The van der Waals surface area contributed by atoms with E-state index in [1.54, 1.807) is 17.9 Å². The van der Waals surface area contributed by atoms with Crippen LogP contribution in [-0.4, -0.2) is 16.7 Å². The summed E-state index contributed by atoms with van der Waals surface area (Å²) in [5, 5.41) is 0. The van der Waals surface area contributed by atoms with Gasteiger partial charge in [0.2, 0.25) is 0 Å². The average molecular weight is 306 g/mol. The van der Waals surface area contributed by atoms with E-state index in [1.165, 1.54) is 6.20 Å². The van der Waals surface area contributed by atoms with E-state index in [9.17, 15) is 4.79 Å². The smallest absolute Gasteiger partial charge is 0.269 e. The molecule has 1 heterocycles. The zero-order valence-electron chi connectivity index (χ0n) is 13.0. The first-order chi connectivity index (χ1) is 11.3. The largest absolute Gasteiger partial charge is 0.497 e. The van der Waals surface area contributed by atoms with Crippen molar-refractivity contribution in [2.24, 2.45) is 0 Å². The van der Waals surface area contributed by atoms with Gasteiger partial charge in [-0.15, -0.1) is 0 Å². The number of ether oxygens (including phenoxy) is 1. The van der Waals surface area contributed by atoms with Crippen molar-refractivity contribution in [3.8, 4) is 5.75 Å². The van der Waals surface area contributed by atoms with Gasteiger partial charge < -0.3 is 9.30 Å². The van der Waals surface area contributed by atoms with Crippen LogP contribution in [0.5, 0.6) is 5.75 Å².